The first-order chi connectivity index (χ1) is 10.0. The highest BCUT2D eigenvalue weighted by molar-refractivity contribution is 6.31. The van der Waals surface area contributed by atoms with E-state index in [-0.39, 0.29) is 12.5 Å². The Morgan fingerprint density at radius 1 is 1.38 bits per heavy atom. The van der Waals surface area contributed by atoms with Crippen molar-refractivity contribution in [2.24, 2.45) is 0 Å². The number of carbonyl (C=O) groups is 2. The molecule has 0 bridgehead atoms. The number of nitrogen functional groups attached to an aromatic ring is 1. The molecule has 2 aliphatic rings. The zero-order valence-electron chi connectivity index (χ0n) is 11.3. The summed E-state index contributed by atoms with van der Waals surface area (Å²) in [5.41, 5.74) is 5.18. The van der Waals surface area contributed by atoms with Gasteiger partial charge in [-0.1, -0.05) is 11.6 Å². The van der Waals surface area contributed by atoms with Crippen LogP contribution >= 0.6 is 11.6 Å². The van der Waals surface area contributed by atoms with Crippen LogP contribution in [0.1, 0.15) is 18.5 Å². The number of pyridine rings is 1. The Balaban J connectivity index is 1.84. The summed E-state index contributed by atoms with van der Waals surface area (Å²) in [7, 11) is 0. The van der Waals surface area contributed by atoms with Gasteiger partial charge in [0.2, 0.25) is 0 Å². The maximum Gasteiger partial charge on any atom is 0.325 e. The zero-order valence-corrected chi connectivity index (χ0v) is 12.0. The molecule has 0 aliphatic carbocycles. The van der Waals surface area contributed by atoms with Crippen LogP contribution in [0, 0.1) is 0 Å². The summed E-state index contributed by atoms with van der Waals surface area (Å²) in [6, 6.07) is 2.74. The van der Waals surface area contributed by atoms with Crippen molar-refractivity contribution in [3.63, 3.8) is 0 Å². The molecule has 3 heterocycles. The Morgan fingerprint density at radius 3 is 2.81 bits per heavy atom. The molecule has 2 saturated heterocycles. The number of amides is 3. The van der Waals surface area contributed by atoms with Gasteiger partial charge in [0, 0.05) is 26.1 Å². The van der Waals surface area contributed by atoms with Crippen LogP contribution in [-0.2, 0) is 16.1 Å². The van der Waals surface area contributed by atoms with Crippen molar-refractivity contribution in [2.75, 3.05) is 18.9 Å². The van der Waals surface area contributed by atoms with Gasteiger partial charge < -0.3 is 15.8 Å². The molecule has 0 atom stereocenters. The molecule has 0 unspecified atom stereocenters. The number of rotatable bonds is 2. The van der Waals surface area contributed by atoms with Crippen molar-refractivity contribution in [3.8, 4) is 0 Å². The van der Waals surface area contributed by atoms with E-state index in [1.165, 1.54) is 0 Å². The van der Waals surface area contributed by atoms with E-state index in [2.05, 4.69) is 10.3 Å². The van der Waals surface area contributed by atoms with Crippen molar-refractivity contribution in [2.45, 2.75) is 24.9 Å². The molecule has 2 aliphatic heterocycles. The number of anilines is 1. The van der Waals surface area contributed by atoms with E-state index in [0.717, 1.165) is 4.90 Å². The summed E-state index contributed by atoms with van der Waals surface area (Å²) in [5.74, 6) is 0.0401. The van der Waals surface area contributed by atoms with Crippen molar-refractivity contribution in [3.05, 3.63) is 22.8 Å². The van der Waals surface area contributed by atoms with Gasteiger partial charge in [-0.3, -0.25) is 9.69 Å². The summed E-state index contributed by atoms with van der Waals surface area (Å²) < 4.78 is 5.26. The second-order valence-electron chi connectivity index (χ2n) is 5.18. The number of carbonyl (C=O) groups excluding carboxylic acids is 2. The largest absolute Gasteiger partial charge is 0.384 e. The van der Waals surface area contributed by atoms with Crippen LogP contribution in [0.15, 0.2) is 12.1 Å². The molecule has 7 nitrogen and oxygen atoms in total. The third-order valence-electron chi connectivity index (χ3n) is 3.84. The monoisotopic (exact) mass is 310 g/mol. The average Bonchev–Trinajstić information content (AvgIpc) is 2.68. The molecule has 0 aromatic carbocycles. The standard InChI is InChI=1S/C13H15ClN4O3/c14-8-1-2-10(15)16-9(8)7-18-11(19)13(17-12(18)20)3-5-21-6-4-13/h1-2H,3-7H2,(H2,15,16)(H,17,20). The van der Waals surface area contributed by atoms with E-state index >= 15 is 0 Å². The van der Waals surface area contributed by atoms with E-state index in [4.69, 9.17) is 22.1 Å². The minimum atomic E-state index is -0.845. The molecule has 112 valence electrons. The van der Waals surface area contributed by atoms with Crippen LogP contribution in [0.4, 0.5) is 10.6 Å². The van der Waals surface area contributed by atoms with E-state index < -0.39 is 11.6 Å². The number of nitrogens with two attached hydrogens (primary N) is 1. The summed E-state index contributed by atoms with van der Waals surface area (Å²) in [6.45, 7) is 0.922. The molecule has 0 radical (unpaired) electrons. The summed E-state index contributed by atoms with van der Waals surface area (Å²) in [5, 5.41) is 3.15. The first-order valence-corrected chi connectivity index (χ1v) is 7.02. The maximum absolute atomic E-state index is 12.6. The van der Waals surface area contributed by atoms with Crippen molar-refractivity contribution in [1.82, 2.24) is 15.2 Å². The maximum atomic E-state index is 12.6. The average molecular weight is 311 g/mol. The fourth-order valence-corrected chi connectivity index (χ4v) is 2.81. The van der Waals surface area contributed by atoms with E-state index in [1.807, 2.05) is 0 Å². The number of nitrogens with one attached hydrogen (secondary N) is 1. The van der Waals surface area contributed by atoms with Crippen molar-refractivity contribution in [1.29, 1.82) is 0 Å². The van der Waals surface area contributed by atoms with E-state index in [0.29, 0.717) is 42.6 Å². The first kappa shape index (κ1) is 14.1. The highest BCUT2D eigenvalue weighted by Gasteiger charge is 2.51. The minimum absolute atomic E-state index is 0.0111. The van der Waals surface area contributed by atoms with Gasteiger partial charge >= 0.3 is 6.03 Å². The number of halogens is 1. The van der Waals surface area contributed by atoms with Crippen LogP contribution in [0.25, 0.3) is 0 Å². The Bertz CT molecular complexity index is 601. The molecule has 21 heavy (non-hydrogen) atoms. The van der Waals surface area contributed by atoms with Gasteiger partial charge in [-0.05, 0) is 12.1 Å². The Hall–Kier alpha value is -1.86. The lowest BCUT2D eigenvalue weighted by Gasteiger charge is -2.30. The molecule has 3 amide bonds. The number of nitrogens with zero attached hydrogens (tertiary/aromatic N) is 2. The van der Waals surface area contributed by atoms with Gasteiger partial charge in [0.15, 0.2) is 0 Å². The molecule has 3 rings (SSSR count). The fraction of sp³-hybridized carbons (Fsp3) is 0.462. The SMILES string of the molecule is Nc1ccc(Cl)c(CN2C(=O)NC3(CCOCC3)C2=O)n1. The molecule has 1 aromatic heterocycles. The number of hydrogen-bond donors (Lipinski definition) is 2. The summed E-state index contributed by atoms with van der Waals surface area (Å²) in [4.78, 5) is 29.9. The Morgan fingerprint density at radius 2 is 2.10 bits per heavy atom. The molecule has 3 N–H and O–H groups in total. The minimum Gasteiger partial charge on any atom is -0.384 e. The van der Waals surface area contributed by atoms with Gasteiger partial charge in [0.1, 0.15) is 11.4 Å². The van der Waals surface area contributed by atoms with Crippen LogP contribution in [-0.4, -0.2) is 40.6 Å². The normalized spacial score (nSPS) is 20.9. The second-order valence-corrected chi connectivity index (χ2v) is 5.59. The quantitative estimate of drug-likeness (QED) is 0.792. The molecule has 8 heteroatoms. The van der Waals surface area contributed by atoms with Crippen LogP contribution in [0.3, 0.4) is 0 Å². The lowest BCUT2D eigenvalue weighted by molar-refractivity contribution is -0.134. The lowest BCUT2D eigenvalue weighted by atomic mass is 9.90. The predicted molar refractivity (Wildman–Crippen MR) is 75.5 cm³/mol. The van der Waals surface area contributed by atoms with E-state index in [9.17, 15) is 9.59 Å². The van der Waals surface area contributed by atoms with Gasteiger partial charge in [0.05, 0.1) is 17.3 Å². The van der Waals surface area contributed by atoms with Gasteiger partial charge in [-0.15, -0.1) is 0 Å². The smallest absolute Gasteiger partial charge is 0.325 e. The molecule has 2 fully saturated rings. The van der Waals surface area contributed by atoms with Gasteiger partial charge in [-0.2, -0.15) is 0 Å². The van der Waals surface area contributed by atoms with Crippen LogP contribution in [0.2, 0.25) is 5.02 Å². The Labute approximate surface area is 126 Å². The van der Waals surface area contributed by atoms with Gasteiger partial charge in [0.25, 0.3) is 5.91 Å². The molecular weight excluding hydrogens is 296 g/mol. The lowest BCUT2D eigenvalue weighted by Crippen LogP contribution is -2.51. The first-order valence-electron chi connectivity index (χ1n) is 6.65. The van der Waals surface area contributed by atoms with E-state index in [1.54, 1.807) is 12.1 Å². The van der Waals surface area contributed by atoms with Crippen LogP contribution < -0.4 is 11.1 Å². The number of aromatic nitrogens is 1. The van der Waals surface area contributed by atoms with Crippen LogP contribution in [0.5, 0.6) is 0 Å². The van der Waals surface area contributed by atoms with Crippen molar-refractivity contribution < 1.29 is 14.3 Å². The molecule has 0 saturated carbocycles. The third kappa shape index (κ3) is 2.43. The Kier molecular flexibility index (Phi) is 3.46. The number of hydrogen-bond acceptors (Lipinski definition) is 5. The zero-order chi connectivity index (χ0) is 15.0. The topological polar surface area (TPSA) is 97.5 Å². The van der Waals surface area contributed by atoms with Gasteiger partial charge in [-0.25, -0.2) is 9.78 Å². The summed E-state index contributed by atoms with van der Waals surface area (Å²) in [6.07, 6.45) is 0.957. The number of urea groups is 1. The number of ether oxygens (including phenoxy) is 1. The fourth-order valence-electron chi connectivity index (χ4n) is 2.64. The molecule has 1 aromatic rings. The van der Waals surface area contributed by atoms with Crippen molar-refractivity contribution >= 4 is 29.4 Å². The highest BCUT2D eigenvalue weighted by atomic mass is 35.5. The highest BCUT2D eigenvalue weighted by Crippen LogP contribution is 2.30. The second kappa shape index (κ2) is 5.16. The third-order valence-corrected chi connectivity index (χ3v) is 4.18. The molecule has 1 spiro atoms. The number of imide groups is 1. The predicted octanol–water partition coefficient (Wildman–Crippen LogP) is 0.918. The summed E-state index contributed by atoms with van der Waals surface area (Å²) >= 11 is 6.04. The molecular formula is C13H15ClN4O3.